The average molecular weight is 270 g/mol. The van der Waals surface area contributed by atoms with Crippen LogP contribution in [0.25, 0.3) is 10.9 Å². The highest BCUT2D eigenvalue weighted by Gasteiger charge is 2.25. The Balaban J connectivity index is 2.15. The molecule has 4 nitrogen and oxygen atoms in total. The van der Waals surface area contributed by atoms with Gasteiger partial charge < -0.3 is 10.0 Å². The predicted molar refractivity (Wildman–Crippen MR) is 79.4 cm³/mol. The molecule has 2 heterocycles. The van der Waals surface area contributed by atoms with Crippen molar-refractivity contribution in [2.75, 3.05) is 11.4 Å². The van der Waals surface area contributed by atoms with E-state index < -0.39 is 5.97 Å². The second kappa shape index (κ2) is 5.12. The van der Waals surface area contributed by atoms with E-state index >= 15 is 0 Å². The number of pyridine rings is 1. The van der Waals surface area contributed by atoms with Gasteiger partial charge in [-0.1, -0.05) is 25.1 Å². The molecule has 4 heteroatoms. The molecule has 0 bridgehead atoms. The number of carbonyl (C=O) groups is 1. The first kappa shape index (κ1) is 12.9. The number of rotatable bonds is 3. The Morgan fingerprint density at radius 1 is 1.45 bits per heavy atom. The SMILES string of the molecule is CCC1CCCN1c1cc(C(=O)O)c2ccccc2n1. The van der Waals surface area contributed by atoms with E-state index in [0.717, 1.165) is 37.1 Å². The lowest BCUT2D eigenvalue weighted by Crippen LogP contribution is -2.29. The smallest absolute Gasteiger partial charge is 0.336 e. The molecule has 1 saturated heterocycles. The highest BCUT2D eigenvalue weighted by Crippen LogP contribution is 2.29. The van der Waals surface area contributed by atoms with Crippen LogP contribution in [-0.4, -0.2) is 28.6 Å². The van der Waals surface area contributed by atoms with Crippen molar-refractivity contribution in [3.05, 3.63) is 35.9 Å². The van der Waals surface area contributed by atoms with E-state index in [9.17, 15) is 9.90 Å². The number of carboxylic acids is 1. The topological polar surface area (TPSA) is 53.4 Å². The first-order valence-electron chi connectivity index (χ1n) is 7.10. The van der Waals surface area contributed by atoms with Crippen molar-refractivity contribution in [3.63, 3.8) is 0 Å². The Hall–Kier alpha value is -2.10. The third-order valence-electron chi connectivity index (χ3n) is 4.08. The van der Waals surface area contributed by atoms with Gasteiger partial charge in [-0.05, 0) is 31.4 Å². The summed E-state index contributed by atoms with van der Waals surface area (Å²) in [6.45, 7) is 3.13. The number of nitrogens with zero attached hydrogens (tertiary/aromatic N) is 2. The zero-order valence-corrected chi connectivity index (χ0v) is 11.5. The molecule has 0 aliphatic carbocycles. The molecule has 20 heavy (non-hydrogen) atoms. The third kappa shape index (κ3) is 2.11. The van der Waals surface area contributed by atoms with Gasteiger partial charge in [0.1, 0.15) is 5.82 Å². The lowest BCUT2D eigenvalue weighted by Gasteiger charge is -2.25. The van der Waals surface area contributed by atoms with Crippen LogP contribution in [0.2, 0.25) is 0 Å². The van der Waals surface area contributed by atoms with Gasteiger partial charge in [-0.25, -0.2) is 9.78 Å². The molecule has 0 spiro atoms. The van der Waals surface area contributed by atoms with E-state index in [-0.39, 0.29) is 0 Å². The van der Waals surface area contributed by atoms with Crippen LogP contribution in [0, 0.1) is 0 Å². The molecule has 104 valence electrons. The minimum absolute atomic E-state index is 0.340. The zero-order chi connectivity index (χ0) is 14.1. The fraction of sp³-hybridized carbons (Fsp3) is 0.375. The zero-order valence-electron chi connectivity index (χ0n) is 11.5. The summed E-state index contributed by atoms with van der Waals surface area (Å²) in [5.41, 5.74) is 1.09. The van der Waals surface area contributed by atoms with Gasteiger partial charge in [0.05, 0.1) is 11.1 Å². The number of hydrogen-bond acceptors (Lipinski definition) is 3. The van der Waals surface area contributed by atoms with Gasteiger partial charge in [0.25, 0.3) is 0 Å². The van der Waals surface area contributed by atoms with Gasteiger partial charge >= 0.3 is 5.97 Å². The Labute approximate surface area is 118 Å². The molecule has 1 aromatic carbocycles. The molecule has 1 aromatic heterocycles. The summed E-state index contributed by atoms with van der Waals surface area (Å²) in [5, 5.41) is 10.1. The van der Waals surface area contributed by atoms with E-state index in [1.54, 1.807) is 6.07 Å². The number of fused-ring (bicyclic) bond motifs is 1. The van der Waals surface area contributed by atoms with E-state index in [4.69, 9.17) is 0 Å². The molecular weight excluding hydrogens is 252 g/mol. The molecule has 1 N–H and O–H groups in total. The Kier molecular flexibility index (Phi) is 3.30. The molecule has 0 radical (unpaired) electrons. The molecule has 1 fully saturated rings. The molecule has 1 atom stereocenters. The fourth-order valence-electron chi connectivity index (χ4n) is 3.05. The van der Waals surface area contributed by atoms with Crippen LogP contribution < -0.4 is 4.90 Å². The molecule has 2 aromatic rings. The number of aromatic nitrogens is 1. The van der Waals surface area contributed by atoms with Crippen molar-refractivity contribution in [1.29, 1.82) is 0 Å². The molecular formula is C16H18N2O2. The first-order chi connectivity index (χ1) is 9.70. The van der Waals surface area contributed by atoms with Crippen molar-refractivity contribution in [3.8, 4) is 0 Å². The highest BCUT2D eigenvalue weighted by atomic mass is 16.4. The van der Waals surface area contributed by atoms with Crippen molar-refractivity contribution >= 4 is 22.7 Å². The largest absolute Gasteiger partial charge is 0.478 e. The average Bonchev–Trinajstić information content (AvgIpc) is 2.94. The normalized spacial score (nSPS) is 18.6. The van der Waals surface area contributed by atoms with Crippen LogP contribution in [0.15, 0.2) is 30.3 Å². The standard InChI is InChI=1S/C16H18N2O2/c1-2-11-6-5-9-18(11)15-10-13(16(19)20)12-7-3-4-8-14(12)17-15/h3-4,7-8,10-11H,2,5-6,9H2,1H3,(H,19,20). The summed E-state index contributed by atoms with van der Waals surface area (Å²) >= 11 is 0. The van der Waals surface area contributed by atoms with E-state index in [1.807, 2.05) is 24.3 Å². The van der Waals surface area contributed by atoms with Gasteiger partial charge in [0, 0.05) is 18.0 Å². The lowest BCUT2D eigenvalue weighted by atomic mass is 10.1. The Bertz CT molecular complexity index is 654. The summed E-state index contributed by atoms with van der Waals surface area (Å²) in [4.78, 5) is 18.4. The van der Waals surface area contributed by atoms with Crippen LogP contribution in [0.3, 0.4) is 0 Å². The summed E-state index contributed by atoms with van der Waals surface area (Å²) < 4.78 is 0. The van der Waals surface area contributed by atoms with Gasteiger partial charge in [-0.2, -0.15) is 0 Å². The van der Waals surface area contributed by atoms with E-state index in [1.165, 1.54) is 0 Å². The van der Waals surface area contributed by atoms with Crippen LogP contribution in [0.5, 0.6) is 0 Å². The van der Waals surface area contributed by atoms with Gasteiger partial charge in [-0.15, -0.1) is 0 Å². The second-order valence-electron chi connectivity index (χ2n) is 5.25. The number of benzene rings is 1. The summed E-state index contributed by atoms with van der Waals surface area (Å²) in [6.07, 6.45) is 3.37. The summed E-state index contributed by atoms with van der Waals surface area (Å²) in [6, 6.07) is 9.63. The molecule has 0 amide bonds. The molecule has 0 saturated carbocycles. The maximum absolute atomic E-state index is 11.5. The van der Waals surface area contributed by atoms with Gasteiger partial charge in [0.2, 0.25) is 0 Å². The van der Waals surface area contributed by atoms with Crippen molar-refractivity contribution in [2.24, 2.45) is 0 Å². The molecule has 1 aliphatic heterocycles. The fourth-order valence-corrected chi connectivity index (χ4v) is 3.05. The minimum atomic E-state index is -0.892. The number of para-hydroxylation sites is 1. The van der Waals surface area contributed by atoms with Gasteiger partial charge in [0.15, 0.2) is 0 Å². The van der Waals surface area contributed by atoms with Gasteiger partial charge in [-0.3, -0.25) is 0 Å². The molecule has 1 aliphatic rings. The number of aromatic carboxylic acids is 1. The van der Waals surface area contributed by atoms with Crippen LogP contribution >= 0.6 is 0 Å². The van der Waals surface area contributed by atoms with Crippen molar-refractivity contribution in [1.82, 2.24) is 4.98 Å². The number of hydrogen-bond donors (Lipinski definition) is 1. The second-order valence-corrected chi connectivity index (χ2v) is 5.25. The third-order valence-corrected chi connectivity index (χ3v) is 4.08. The Morgan fingerprint density at radius 2 is 2.25 bits per heavy atom. The Morgan fingerprint density at radius 3 is 3.00 bits per heavy atom. The minimum Gasteiger partial charge on any atom is -0.478 e. The monoisotopic (exact) mass is 270 g/mol. The maximum Gasteiger partial charge on any atom is 0.336 e. The molecule has 1 unspecified atom stereocenters. The molecule has 3 rings (SSSR count). The lowest BCUT2D eigenvalue weighted by molar-refractivity contribution is 0.0699. The summed E-state index contributed by atoms with van der Waals surface area (Å²) in [7, 11) is 0. The number of carboxylic acid groups (broad SMARTS) is 1. The first-order valence-corrected chi connectivity index (χ1v) is 7.10. The quantitative estimate of drug-likeness (QED) is 0.929. The van der Waals surface area contributed by atoms with E-state index in [2.05, 4.69) is 16.8 Å². The van der Waals surface area contributed by atoms with Crippen molar-refractivity contribution < 1.29 is 9.90 Å². The van der Waals surface area contributed by atoms with Crippen LogP contribution in [-0.2, 0) is 0 Å². The highest BCUT2D eigenvalue weighted by molar-refractivity contribution is 6.03. The number of anilines is 1. The van der Waals surface area contributed by atoms with Crippen LogP contribution in [0.4, 0.5) is 5.82 Å². The van der Waals surface area contributed by atoms with Crippen molar-refractivity contribution in [2.45, 2.75) is 32.2 Å². The predicted octanol–water partition coefficient (Wildman–Crippen LogP) is 3.31. The van der Waals surface area contributed by atoms with Crippen LogP contribution in [0.1, 0.15) is 36.5 Å². The summed E-state index contributed by atoms with van der Waals surface area (Å²) in [5.74, 6) is -0.0949. The van der Waals surface area contributed by atoms with E-state index in [0.29, 0.717) is 17.0 Å². The maximum atomic E-state index is 11.5.